The molecule has 210 valence electrons. The predicted molar refractivity (Wildman–Crippen MR) is 193 cm³/mol. The second kappa shape index (κ2) is 10.4. The Morgan fingerprint density at radius 3 is 1.67 bits per heavy atom. The number of fused-ring (bicyclic) bond motifs is 7. The zero-order valence-corrected chi connectivity index (χ0v) is 24.7. The Morgan fingerprint density at radius 1 is 0.378 bits per heavy atom. The molecule has 2 heterocycles. The summed E-state index contributed by atoms with van der Waals surface area (Å²) in [7, 11) is 0. The van der Waals surface area contributed by atoms with E-state index in [9.17, 15) is 0 Å². The highest BCUT2D eigenvalue weighted by Crippen LogP contribution is 2.40. The van der Waals surface area contributed by atoms with Gasteiger partial charge in [0.2, 0.25) is 6.71 Å². The zero-order chi connectivity index (χ0) is 29.7. The van der Waals surface area contributed by atoms with Crippen LogP contribution in [-0.4, -0.2) is 15.8 Å². The summed E-state index contributed by atoms with van der Waals surface area (Å²) in [4.78, 5) is 0. The van der Waals surface area contributed by atoms with Gasteiger partial charge in [-0.2, -0.15) is 0 Å². The van der Waals surface area contributed by atoms with Crippen LogP contribution in [0.5, 0.6) is 0 Å². The minimum atomic E-state index is 0.169. The topological polar surface area (TPSA) is 9.86 Å². The summed E-state index contributed by atoms with van der Waals surface area (Å²) < 4.78 is 4.77. The average molecular weight is 573 g/mol. The van der Waals surface area contributed by atoms with Crippen molar-refractivity contribution >= 4 is 66.6 Å². The van der Waals surface area contributed by atoms with Crippen molar-refractivity contribution in [1.82, 2.24) is 9.13 Å². The van der Waals surface area contributed by atoms with E-state index >= 15 is 0 Å². The first-order valence-corrected chi connectivity index (χ1v) is 15.6. The highest BCUT2D eigenvalue weighted by Gasteiger charge is 2.22. The summed E-state index contributed by atoms with van der Waals surface area (Å²) in [5.41, 5.74) is 9.88. The van der Waals surface area contributed by atoms with Gasteiger partial charge in [-0.15, -0.1) is 0 Å². The van der Waals surface area contributed by atoms with Gasteiger partial charge in [0.15, 0.2) is 0 Å². The lowest BCUT2D eigenvalue weighted by Gasteiger charge is -2.16. The molecule has 0 saturated heterocycles. The van der Waals surface area contributed by atoms with Crippen molar-refractivity contribution in [3.8, 4) is 11.4 Å². The fraction of sp³-hybridized carbons (Fsp3) is 0. The van der Waals surface area contributed by atoms with Crippen LogP contribution in [0.4, 0.5) is 0 Å². The minimum absolute atomic E-state index is 0.169. The molecule has 0 saturated carbocycles. The van der Waals surface area contributed by atoms with Crippen LogP contribution in [0.25, 0.3) is 54.9 Å². The van der Waals surface area contributed by atoms with Crippen LogP contribution >= 0.6 is 0 Å². The van der Waals surface area contributed by atoms with Gasteiger partial charge in [0.25, 0.3) is 0 Å². The molecule has 0 aliphatic heterocycles. The quantitative estimate of drug-likeness (QED) is 0.183. The van der Waals surface area contributed by atoms with Crippen molar-refractivity contribution in [2.75, 3.05) is 0 Å². The van der Waals surface area contributed by atoms with Gasteiger partial charge in [-0.3, -0.25) is 0 Å². The predicted octanol–water partition coefficient (Wildman–Crippen LogP) is 8.40. The van der Waals surface area contributed by atoms with Gasteiger partial charge < -0.3 is 9.13 Å². The maximum Gasteiger partial charge on any atom is 0.241 e. The van der Waals surface area contributed by atoms with Crippen LogP contribution < -0.4 is 16.4 Å². The van der Waals surface area contributed by atoms with Gasteiger partial charge >= 0.3 is 0 Å². The van der Waals surface area contributed by atoms with Crippen molar-refractivity contribution in [3.05, 3.63) is 176 Å². The Kier molecular flexibility index (Phi) is 5.95. The lowest BCUT2D eigenvalue weighted by Crippen LogP contribution is -2.51. The number of rotatable bonds is 5. The molecule has 2 aromatic heterocycles. The number of para-hydroxylation sites is 2. The molecular formula is C42H29BN2. The second-order valence-electron chi connectivity index (χ2n) is 11.8. The third kappa shape index (κ3) is 4.12. The largest absolute Gasteiger partial charge is 0.316 e. The molecule has 0 aliphatic carbocycles. The second-order valence-corrected chi connectivity index (χ2v) is 11.8. The van der Waals surface area contributed by atoms with Gasteiger partial charge in [0.05, 0.1) is 16.6 Å². The molecule has 0 radical (unpaired) electrons. The van der Waals surface area contributed by atoms with Crippen molar-refractivity contribution in [3.63, 3.8) is 0 Å². The van der Waals surface area contributed by atoms with Gasteiger partial charge in [-0.05, 0) is 47.9 Å². The molecule has 0 amide bonds. The highest BCUT2D eigenvalue weighted by atomic mass is 15.0. The van der Waals surface area contributed by atoms with Crippen molar-refractivity contribution in [1.29, 1.82) is 0 Å². The molecule has 0 N–H and O–H groups in total. The summed E-state index contributed by atoms with van der Waals surface area (Å²) in [6, 6.07) is 61.6. The Hall–Kier alpha value is -5.80. The highest BCUT2D eigenvalue weighted by molar-refractivity contribution is 6.95. The van der Waals surface area contributed by atoms with E-state index in [1.54, 1.807) is 0 Å². The maximum absolute atomic E-state index is 2.43. The molecule has 2 nitrogen and oxygen atoms in total. The summed E-state index contributed by atoms with van der Waals surface area (Å²) >= 11 is 0. The Balaban J connectivity index is 1.28. The van der Waals surface area contributed by atoms with E-state index in [1.807, 2.05) is 0 Å². The molecular weight excluding hydrogens is 543 g/mol. The third-order valence-corrected chi connectivity index (χ3v) is 9.25. The zero-order valence-electron chi connectivity index (χ0n) is 24.7. The molecule has 9 rings (SSSR count). The minimum Gasteiger partial charge on any atom is -0.316 e. The molecule has 9 aromatic rings. The van der Waals surface area contributed by atoms with E-state index in [-0.39, 0.29) is 6.71 Å². The molecule has 0 aliphatic rings. The van der Waals surface area contributed by atoms with E-state index < -0.39 is 0 Å². The Morgan fingerprint density at radius 2 is 0.956 bits per heavy atom. The fourth-order valence-corrected chi connectivity index (χ4v) is 7.26. The Bertz CT molecular complexity index is 2420. The van der Waals surface area contributed by atoms with E-state index in [1.165, 1.54) is 65.6 Å². The third-order valence-electron chi connectivity index (χ3n) is 9.25. The molecule has 0 bridgehead atoms. The van der Waals surface area contributed by atoms with Crippen LogP contribution in [-0.2, 0) is 0 Å². The lowest BCUT2D eigenvalue weighted by atomic mass is 9.37. The van der Waals surface area contributed by atoms with E-state index in [0.717, 1.165) is 5.69 Å². The van der Waals surface area contributed by atoms with Crippen molar-refractivity contribution < 1.29 is 0 Å². The molecule has 0 spiro atoms. The number of nitrogens with zero attached hydrogens (tertiary/aromatic N) is 2. The molecule has 3 heteroatoms. The van der Waals surface area contributed by atoms with Crippen LogP contribution in [0.15, 0.2) is 176 Å². The standard InChI is InChI=1S/C42H29BN2/c1-4-12-32(13-5-1)43(33-14-6-2-7-15-33)34-23-25-36(26-24-34)45-38-19-11-10-18-37(38)41-39(45)27-22-30-20-21-31-28-29-44(42(31)40(30)41)35-16-8-3-9-17-35/h1-29H. The van der Waals surface area contributed by atoms with Gasteiger partial charge in [0, 0.05) is 39.1 Å². The molecule has 45 heavy (non-hydrogen) atoms. The fourth-order valence-electron chi connectivity index (χ4n) is 7.26. The first kappa shape index (κ1) is 25.7. The average Bonchev–Trinajstić information content (AvgIpc) is 3.70. The number of aromatic nitrogens is 2. The van der Waals surface area contributed by atoms with Crippen LogP contribution in [0.3, 0.4) is 0 Å². The van der Waals surface area contributed by atoms with E-state index in [2.05, 4.69) is 185 Å². The van der Waals surface area contributed by atoms with E-state index in [4.69, 9.17) is 0 Å². The maximum atomic E-state index is 2.43. The molecule has 0 unspecified atom stereocenters. The summed E-state index contributed by atoms with van der Waals surface area (Å²) in [6.45, 7) is 0.169. The van der Waals surface area contributed by atoms with Crippen molar-refractivity contribution in [2.24, 2.45) is 0 Å². The van der Waals surface area contributed by atoms with Crippen molar-refractivity contribution in [2.45, 2.75) is 0 Å². The van der Waals surface area contributed by atoms with Gasteiger partial charge in [0.1, 0.15) is 0 Å². The number of benzene rings is 7. The molecule has 0 atom stereocenters. The molecule has 0 fully saturated rings. The monoisotopic (exact) mass is 572 g/mol. The van der Waals surface area contributed by atoms with Crippen LogP contribution in [0, 0.1) is 0 Å². The summed E-state index contributed by atoms with van der Waals surface area (Å²) in [5, 5.41) is 6.34. The van der Waals surface area contributed by atoms with Crippen LogP contribution in [0.1, 0.15) is 0 Å². The van der Waals surface area contributed by atoms with Gasteiger partial charge in [-0.25, -0.2) is 0 Å². The molecule has 7 aromatic carbocycles. The SMILES string of the molecule is c1ccc(B(c2ccccc2)c2ccc(-n3c4ccccc4c4c5c(ccc6ccn(-c7ccccc7)c65)ccc43)cc2)cc1. The van der Waals surface area contributed by atoms with Crippen LogP contribution in [0.2, 0.25) is 0 Å². The van der Waals surface area contributed by atoms with E-state index in [0.29, 0.717) is 0 Å². The normalized spacial score (nSPS) is 11.6. The first-order chi connectivity index (χ1) is 22.3. The lowest BCUT2D eigenvalue weighted by molar-refractivity contribution is 1.13. The summed E-state index contributed by atoms with van der Waals surface area (Å²) in [6.07, 6.45) is 2.20. The summed E-state index contributed by atoms with van der Waals surface area (Å²) in [5.74, 6) is 0. The van der Waals surface area contributed by atoms with Gasteiger partial charge in [-0.1, -0.05) is 144 Å². The Labute approximate surface area is 262 Å². The number of hydrogen-bond donors (Lipinski definition) is 0. The first-order valence-electron chi connectivity index (χ1n) is 15.6. The number of hydrogen-bond acceptors (Lipinski definition) is 0. The smallest absolute Gasteiger partial charge is 0.241 e.